The van der Waals surface area contributed by atoms with Crippen LogP contribution in [0.15, 0.2) is 24.5 Å². The molecule has 0 saturated carbocycles. The molecule has 1 fully saturated rings. The van der Waals surface area contributed by atoms with Gasteiger partial charge in [-0.1, -0.05) is 26.8 Å². The zero-order valence-corrected chi connectivity index (χ0v) is 15.8. The molecule has 142 valence electrons. The minimum atomic E-state index is -1.28. The van der Waals surface area contributed by atoms with Crippen molar-refractivity contribution in [1.82, 2.24) is 9.88 Å². The standard InChI is InChI=1S/C20H28N2O4/c1-4-19(2,3)16(23)17(24)22-13-7-11-20(22,18(25)26)10-5-8-15-9-6-12-21-14-15/h6,9,12,14H,4-5,7-8,10-11,13H2,1-3H3,(H,25,26)/t20-/m0/s1. The summed E-state index contributed by atoms with van der Waals surface area (Å²) < 4.78 is 0. The summed E-state index contributed by atoms with van der Waals surface area (Å²) in [6, 6.07) is 3.80. The predicted molar refractivity (Wildman–Crippen MR) is 97.6 cm³/mol. The van der Waals surface area contributed by atoms with E-state index in [2.05, 4.69) is 4.98 Å². The molecule has 0 aliphatic carbocycles. The number of hydrogen-bond donors (Lipinski definition) is 1. The summed E-state index contributed by atoms with van der Waals surface area (Å²) in [4.78, 5) is 42.9. The first-order valence-electron chi connectivity index (χ1n) is 9.23. The summed E-state index contributed by atoms with van der Waals surface area (Å²) >= 11 is 0. The molecule has 1 aromatic rings. The van der Waals surface area contributed by atoms with E-state index >= 15 is 0 Å². The summed E-state index contributed by atoms with van der Waals surface area (Å²) in [5.74, 6) is -2.17. The van der Waals surface area contributed by atoms with Gasteiger partial charge in [-0.25, -0.2) is 4.79 Å². The Balaban J connectivity index is 2.16. The van der Waals surface area contributed by atoms with E-state index in [-0.39, 0.29) is 0 Å². The van der Waals surface area contributed by atoms with Gasteiger partial charge in [0.05, 0.1) is 0 Å². The van der Waals surface area contributed by atoms with Crippen molar-refractivity contribution in [3.05, 3.63) is 30.1 Å². The summed E-state index contributed by atoms with van der Waals surface area (Å²) in [6.45, 7) is 5.64. The van der Waals surface area contributed by atoms with Crippen molar-refractivity contribution >= 4 is 17.7 Å². The Bertz CT molecular complexity index is 672. The fourth-order valence-corrected chi connectivity index (χ4v) is 3.47. The molecule has 0 spiro atoms. The number of Topliss-reactive ketones (excluding diaryl/α,β-unsaturated/α-hetero) is 1. The van der Waals surface area contributed by atoms with Gasteiger partial charge in [0.15, 0.2) is 0 Å². The lowest BCUT2D eigenvalue weighted by Crippen LogP contribution is -2.56. The van der Waals surface area contributed by atoms with Crippen LogP contribution in [0.1, 0.15) is 58.4 Å². The molecular weight excluding hydrogens is 332 g/mol. The number of rotatable bonds is 8. The molecule has 1 aliphatic rings. The van der Waals surface area contributed by atoms with E-state index in [1.165, 1.54) is 4.90 Å². The van der Waals surface area contributed by atoms with Crippen LogP contribution in [0.4, 0.5) is 0 Å². The van der Waals surface area contributed by atoms with Crippen molar-refractivity contribution in [2.24, 2.45) is 5.41 Å². The quantitative estimate of drug-likeness (QED) is 0.720. The summed E-state index contributed by atoms with van der Waals surface area (Å²) in [6.07, 6.45) is 6.63. The van der Waals surface area contributed by atoms with Crippen molar-refractivity contribution in [3.63, 3.8) is 0 Å². The molecule has 0 unspecified atom stereocenters. The monoisotopic (exact) mass is 360 g/mol. The van der Waals surface area contributed by atoms with Crippen molar-refractivity contribution in [2.75, 3.05) is 6.54 Å². The first-order chi connectivity index (χ1) is 12.2. The molecule has 0 aromatic carbocycles. The third kappa shape index (κ3) is 3.94. The lowest BCUT2D eigenvalue weighted by molar-refractivity contribution is -0.161. The average Bonchev–Trinajstić information content (AvgIpc) is 3.06. The Morgan fingerprint density at radius 2 is 2.08 bits per heavy atom. The van der Waals surface area contributed by atoms with Crippen LogP contribution in [0, 0.1) is 5.41 Å². The van der Waals surface area contributed by atoms with Gasteiger partial charge in [-0.2, -0.15) is 0 Å². The second-order valence-electron chi connectivity index (χ2n) is 7.68. The van der Waals surface area contributed by atoms with Crippen LogP contribution in [0.2, 0.25) is 0 Å². The van der Waals surface area contributed by atoms with Gasteiger partial charge in [-0.05, 0) is 50.2 Å². The Morgan fingerprint density at radius 3 is 2.65 bits per heavy atom. The van der Waals surface area contributed by atoms with Gasteiger partial charge in [0.1, 0.15) is 5.54 Å². The highest BCUT2D eigenvalue weighted by Gasteiger charge is 2.51. The number of nitrogens with zero attached hydrogens (tertiary/aromatic N) is 2. The number of likely N-dealkylation sites (tertiary alicyclic amines) is 1. The molecule has 6 heteroatoms. The van der Waals surface area contributed by atoms with E-state index in [1.807, 2.05) is 19.1 Å². The van der Waals surface area contributed by atoms with E-state index in [1.54, 1.807) is 26.2 Å². The predicted octanol–water partition coefficient (Wildman–Crippen LogP) is 2.86. The Morgan fingerprint density at radius 1 is 1.35 bits per heavy atom. The van der Waals surface area contributed by atoms with E-state index in [4.69, 9.17) is 0 Å². The number of ketones is 1. The highest BCUT2D eigenvalue weighted by atomic mass is 16.4. The van der Waals surface area contributed by atoms with Crippen LogP contribution in [0.3, 0.4) is 0 Å². The van der Waals surface area contributed by atoms with Crippen LogP contribution in [-0.4, -0.2) is 44.7 Å². The summed E-state index contributed by atoms with van der Waals surface area (Å²) in [5, 5.41) is 9.90. The number of hydrogen-bond acceptors (Lipinski definition) is 4. The van der Waals surface area contributed by atoms with Gasteiger partial charge in [0, 0.05) is 24.4 Å². The molecule has 1 aliphatic heterocycles. The highest BCUT2D eigenvalue weighted by molar-refractivity contribution is 6.38. The SMILES string of the molecule is CCC(C)(C)C(=O)C(=O)N1CCC[C@@]1(CCCc1cccnc1)C(=O)O. The zero-order valence-electron chi connectivity index (χ0n) is 15.8. The Labute approximate surface area is 154 Å². The topological polar surface area (TPSA) is 87.6 Å². The van der Waals surface area contributed by atoms with Gasteiger partial charge in [0.2, 0.25) is 5.78 Å². The summed E-state index contributed by atoms with van der Waals surface area (Å²) in [7, 11) is 0. The van der Waals surface area contributed by atoms with Crippen LogP contribution < -0.4 is 0 Å². The van der Waals surface area contributed by atoms with E-state index in [0.29, 0.717) is 45.1 Å². The van der Waals surface area contributed by atoms with Crippen LogP contribution in [0.5, 0.6) is 0 Å². The van der Waals surface area contributed by atoms with Crippen LogP contribution in [-0.2, 0) is 20.8 Å². The number of aliphatic carboxylic acids is 1. The molecule has 0 bridgehead atoms. The van der Waals surface area contributed by atoms with Gasteiger partial charge in [-0.3, -0.25) is 14.6 Å². The maximum atomic E-state index is 12.8. The Kier molecular flexibility index (Phi) is 6.16. The molecule has 6 nitrogen and oxygen atoms in total. The smallest absolute Gasteiger partial charge is 0.329 e. The number of carboxylic acid groups (broad SMARTS) is 1. The molecule has 1 atom stereocenters. The largest absolute Gasteiger partial charge is 0.479 e. The van der Waals surface area contributed by atoms with Crippen molar-refractivity contribution in [2.45, 2.75) is 64.8 Å². The Hall–Kier alpha value is -2.24. The molecule has 1 aromatic heterocycles. The molecular formula is C20H28N2O4. The number of carbonyl (C=O) groups excluding carboxylic acids is 2. The number of pyridine rings is 1. The van der Waals surface area contributed by atoms with Gasteiger partial charge < -0.3 is 10.0 Å². The second kappa shape index (κ2) is 7.98. The maximum absolute atomic E-state index is 12.8. The van der Waals surface area contributed by atoms with Crippen molar-refractivity contribution in [1.29, 1.82) is 0 Å². The van der Waals surface area contributed by atoms with Crippen LogP contribution >= 0.6 is 0 Å². The second-order valence-corrected chi connectivity index (χ2v) is 7.68. The fraction of sp³-hybridized carbons (Fsp3) is 0.600. The average molecular weight is 360 g/mol. The number of amides is 1. The molecule has 0 radical (unpaired) electrons. The molecule has 2 rings (SSSR count). The number of aryl methyl sites for hydroxylation is 1. The van der Waals surface area contributed by atoms with Gasteiger partial charge >= 0.3 is 5.97 Å². The van der Waals surface area contributed by atoms with E-state index in [9.17, 15) is 19.5 Å². The maximum Gasteiger partial charge on any atom is 0.329 e. The molecule has 1 N–H and O–H groups in total. The number of aromatic nitrogens is 1. The minimum absolute atomic E-state index is 0.323. The van der Waals surface area contributed by atoms with E-state index < -0.39 is 28.6 Å². The fourth-order valence-electron chi connectivity index (χ4n) is 3.47. The molecule has 26 heavy (non-hydrogen) atoms. The van der Waals surface area contributed by atoms with Gasteiger partial charge in [0.25, 0.3) is 5.91 Å². The third-order valence-corrected chi connectivity index (χ3v) is 5.60. The molecule has 1 saturated heterocycles. The minimum Gasteiger partial charge on any atom is -0.479 e. The van der Waals surface area contributed by atoms with Crippen LogP contribution in [0.25, 0.3) is 0 Å². The lowest BCUT2D eigenvalue weighted by atomic mass is 9.83. The van der Waals surface area contributed by atoms with Crippen molar-refractivity contribution in [3.8, 4) is 0 Å². The van der Waals surface area contributed by atoms with Crippen molar-refractivity contribution < 1.29 is 19.5 Å². The zero-order chi connectivity index (χ0) is 19.4. The third-order valence-electron chi connectivity index (χ3n) is 5.60. The van der Waals surface area contributed by atoms with E-state index in [0.717, 1.165) is 5.56 Å². The molecule has 2 heterocycles. The lowest BCUT2D eigenvalue weighted by Gasteiger charge is -2.36. The summed E-state index contributed by atoms with van der Waals surface area (Å²) in [5.41, 5.74) is -1.02. The normalized spacial score (nSPS) is 20.2. The first-order valence-corrected chi connectivity index (χ1v) is 9.23. The number of carboxylic acids is 1. The highest BCUT2D eigenvalue weighted by Crippen LogP contribution is 2.36. The first kappa shape index (κ1) is 20.1. The molecule has 1 amide bonds. The number of carbonyl (C=O) groups is 3. The van der Waals surface area contributed by atoms with Gasteiger partial charge in [-0.15, -0.1) is 0 Å².